The number of carbonyl (C=O) groups is 2. The van der Waals surface area contributed by atoms with Crippen LogP contribution in [0.3, 0.4) is 0 Å². The molecule has 3 aromatic rings. The maximum absolute atomic E-state index is 12.4. The molecular weight excluding hydrogens is 354 g/mol. The number of rotatable bonds is 7. The number of benzene rings is 2. The Morgan fingerprint density at radius 1 is 1.00 bits per heavy atom. The van der Waals surface area contributed by atoms with Gasteiger partial charge in [-0.15, -0.1) is 0 Å². The molecule has 0 spiro atoms. The van der Waals surface area contributed by atoms with Gasteiger partial charge in [-0.2, -0.15) is 0 Å². The van der Waals surface area contributed by atoms with Crippen molar-refractivity contribution in [2.75, 3.05) is 6.61 Å². The molecule has 5 heteroatoms. The first-order valence-electron chi connectivity index (χ1n) is 9.15. The largest absolute Gasteiger partial charge is 0.466 e. The number of hydrogen-bond acceptors (Lipinski definition) is 4. The van der Waals surface area contributed by atoms with E-state index in [4.69, 9.17) is 9.15 Å². The van der Waals surface area contributed by atoms with E-state index < -0.39 is 5.97 Å². The number of furan rings is 1. The first-order valence-corrected chi connectivity index (χ1v) is 9.15. The summed E-state index contributed by atoms with van der Waals surface area (Å²) in [6.07, 6.45) is 0.643. The van der Waals surface area contributed by atoms with Gasteiger partial charge < -0.3 is 14.5 Å². The minimum atomic E-state index is -0.566. The van der Waals surface area contributed by atoms with Crippen LogP contribution >= 0.6 is 0 Å². The lowest BCUT2D eigenvalue weighted by Crippen LogP contribution is -2.33. The Kier molecular flexibility index (Phi) is 6.27. The predicted octanol–water partition coefficient (Wildman–Crippen LogP) is 4.15. The van der Waals surface area contributed by atoms with Crippen LogP contribution in [0.2, 0.25) is 0 Å². The van der Waals surface area contributed by atoms with Crippen molar-refractivity contribution in [1.82, 2.24) is 5.32 Å². The molecule has 0 saturated heterocycles. The third kappa shape index (κ3) is 5.10. The second-order valence-electron chi connectivity index (χ2n) is 6.62. The van der Waals surface area contributed by atoms with Gasteiger partial charge in [-0.05, 0) is 37.5 Å². The molecule has 1 heterocycles. The Balaban J connectivity index is 1.64. The lowest BCUT2D eigenvalue weighted by atomic mass is 9.99. The first-order chi connectivity index (χ1) is 13.5. The van der Waals surface area contributed by atoms with Gasteiger partial charge in [0, 0.05) is 0 Å². The van der Waals surface area contributed by atoms with Gasteiger partial charge in [-0.1, -0.05) is 60.7 Å². The zero-order valence-corrected chi connectivity index (χ0v) is 16.0. The second kappa shape index (κ2) is 9.04. The summed E-state index contributed by atoms with van der Waals surface area (Å²) >= 11 is 0. The summed E-state index contributed by atoms with van der Waals surface area (Å²) in [5.74, 6) is 0.190. The Morgan fingerprint density at radius 2 is 1.64 bits per heavy atom. The van der Waals surface area contributed by atoms with Crippen molar-refractivity contribution in [3.8, 4) is 0 Å². The number of esters is 1. The SMILES string of the molecule is Cc1cc(C(=O)OCC(=O)N[C@H](Cc2ccccc2)c2ccccc2)c(C)o1. The summed E-state index contributed by atoms with van der Waals surface area (Å²) in [4.78, 5) is 24.6. The van der Waals surface area contributed by atoms with Gasteiger partial charge in [0.25, 0.3) is 5.91 Å². The van der Waals surface area contributed by atoms with E-state index in [1.165, 1.54) is 0 Å². The summed E-state index contributed by atoms with van der Waals surface area (Å²) in [5, 5.41) is 2.97. The molecule has 0 unspecified atom stereocenters. The van der Waals surface area contributed by atoms with Crippen LogP contribution in [0, 0.1) is 13.8 Å². The topological polar surface area (TPSA) is 68.5 Å². The Bertz CT molecular complexity index is 932. The van der Waals surface area contributed by atoms with Gasteiger partial charge in [0.1, 0.15) is 17.1 Å². The average Bonchev–Trinajstić information content (AvgIpc) is 3.05. The Labute approximate surface area is 164 Å². The van der Waals surface area contributed by atoms with Crippen LogP contribution in [0.15, 0.2) is 71.1 Å². The fourth-order valence-corrected chi connectivity index (χ4v) is 3.07. The van der Waals surface area contributed by atoms with E-state index in [0.717, 1.165) is 11.1 Å². The van der Waals surface area contributed by atoms with Gasteiger partial charge in [-0.25, -0.2) is 4.79 Å². The molecule has 0 saturated carbocycles. The quantitative estimate of drug-likeness (QED) is 0.628. The Hall–Kier alpha value is -3.34. The standard InChI is InChI=1S/C23H23NO4/c1-16-13-20(17(2)28-16)23(26)27-15-22(25)24-21(19-11-7-4-8-12-19)14-18-9-5-3-6-10-18/h3-13,21H,14-15H2,1-2H3,(H,24,25)/t21-/m1/s1. The first kappa shape index (κ1) is 19.4. The fourth-order valence-electron chi connectivity index (χ4n) is 3.07. The zero-order valence-electron chi connectivity index (χ0n) is 16.0. The van der Waals surface area contributed by atoms with Crippen molar-refractivity contribution >= 4 is 11.9 Å². The highest BCUT2D eigenvalue weighted by atomic mass is 16.5. The molecule has 3 rings (SSSR count). The third-order valence-electron chi connectivity index (χ3n) is 4.42. The van der Waals surface area contributed by atoms with Gasteiger partial charge in [0.2, 0.25) is 0 Å². The highest BCUT2D eigenvalue weighted by Crippen LogP contribution is 2.19. The lowest BCUT2D eigenvalue weighted by Gasteiger charge is -2.19. The van der Waals surface area contributed by atoms with Crippen LogP contribution in [0.1, 0.15) is 39.0 Å². The summed E-state index contributed by atoms with van der Waals surface area (Å²) in [5.41, 5.74) is 2.44. The molecule has 0 aliphatic carbocycles. The van der Waals surface area contributed by atoms with Crippen molar-refractivity contribution in [1.29, 1.82) is 0 Å². The van der Waals surface area contributed by atoms with E-state index in [1.807, 2.05) is 60.7 Å². The number of amides is 1. The Morgan fingerprint density at radius 3 is 2.25 bits per heavy atom. The molecule has 28 heavy (non-hydrogen) atoms. The zero-order chi connectivity index (χ0) is 19.9. The van der Waals surface area contributed by atoms with Crippen LogP contribution in [0.4, 0.5) is 0 Å². The van der Waals surface area contributed by atoms with Crippen LogP contribution in [0.25, 0.3) is 0 Å². The molecule has 144 valence electrons. The summed E-state index contributed by atoms with van der Waals surface area (Å²) < 4.78 is 10.5. The second-order valence-corrected chi connectivity index (χ2v) is 6.62. The maximum Gasteiger partial charge on any atom is 0.342 e. The lowest BCUT2D eigenvalue weighted by molar-refractivity contribution is -0.125. The smallest absolute Gasteiger partial charge is 0.342 e. The highest BCUT2D eigenvalue weighted by molar-refractivity contribution is 5.92. The molecule has 1 amide bonds. The number of carbonyl (C=O) groups excluding carboxylic acids is 2. The maximum atomic E-state index is 12.4. The molecule has 0 aliphatic heterocycles. The minimum Gasteiger partial charge on any atom is -0.466 e. The molecule has 5 nitrogen and oxygen atoms in total. The van der Waals surface area contributed by atoms with Crippen LogP contribution < -0.4 is 5.32 Å². The molecule has 0 radical (unpaired) electrons. The molecule has 0 aliphatic rings. The molecule has 2 aromatic carbocycles. The summed E-state index contributed by atoms with van der Waals surface area (Å²) in [7, 11) is 0. The molecular formula is C23H23NO4. The van der Waals surface area contributed by atoms with E-state index in [0.29, 0.717) is 23.5 Å². The van der Waals surface area contributed by atoms with Crippen LogP contribution in [0.5, 0.6) is 0 Å². The van der Waals surface area contributed by atoms with E-state index in [2.05, 4.69) is 5.32 Å². The van der Waals surface area contributed by atoms with Crippen LogP contribution in [-0.4, -0.2) is 18.5 Å². The van der Waals surface area contributed by atoms with Crippen molar-refractivity contribution in [3.63, 3.8) is 0 Å². The summed E-state index contributed by atoms with van der Waals surface area (Å²) in [6.45, 7) is 3.10. The van der Waals surface area contributed by atoms with Gasteiger partial charge in [0.15, 0.2) is 6.61 Å². The van der Waals surface area contributed by atoms with E-state index in [9.17, 15) is 9.59 Å². The highest BCUT2D eigenvalue weighted by Gasteiger charge is 2.19. The molecule has 1 N–H and O–H groups in total. The van der Waals surface area contributed by atoms with Crippen molar-refractivity contribution in [3.05, 3.63) is 94.9 Å². The monoisotopic (exact) mass is 377 g/mol. The third-order valence-corrected chi connectivity index (χ3v) is 4.42. The number of aryl methyl sites for hydroxylation is 2. The molecule has 1 atom stereocenters. The minimum absolute atomic E-state index is 0.215. The van der Waals surface area contributed by atoms with Gasteiger partial charge in [0.05, 0.1) is 6.04 Å². The van der Waals surface area contributed by atoms with E-state index >= 15 is 0 Å². The number of nitrogens with one attached hydrogen (secondary N) is 1. The van der Waals surface area contributed by atoms with Gasteiger partial charge in [-0.3, -0.25) is 4.79 Å². The fraction of sp³-hybridized carbons (Fsp3) is 0.217. The normalized spacial score (nSPS) is 11.6. The molecule has 1 aromatic heterocycles. The molecule has 0 bridgehead atoms. The molecule has 0 fully saturated rings. The van der Waals surface area contributed by atoms with Crippen molar-refractivity contribution < 1.29 is 18.7 Å². The average molecular weight is 377 g/mol. The van der Waals surface area contributed by atoms with Gasteiger partial charge >= 0.3 is 5.97 Å². The predicted molar refractivity (Wildman–Crippen MR) is 106 cm³/mol. The van der Waals surface area contributed by atoms with Crippen molar-refractivity contribution in [2.45, 2.75) is 26.3 Å². The van der Waals surface area contributed by atoms with Crippen molar-refractivity contribution in [2.24, 2.45) is 0 Å². The number of ether oxygens (including phenoxy) is 1. The van der Waals surface area contributed by atoms with E-state index in [-0.39, 0.29) is 18.6 Å². The number of hydrogen-bond donors (Lipinski definition) is 1. The van der Waals surface area contributed by atoms with E-state index in [1.54, 1.807) is 19.9 Å². The summed E-state index contributed by atoms with van der Waals surface area (Å²) in [6, 6.07) is 21.1. The van der Waals surface area contributed by atoms with Crippen LogP contribution in [-0.2, 0) is 16.0 Å².